The number of hydrogen-bond acceptors (Lipinski definition) is 5. The van der Waals surface area contributed by atoms with Gasteiger partial charge in [0.15, 0.2) is 0 Å². The van der Waals surface area contributed by atoms with E-state index in [2.05, 4.69) is 0 Å². The Morgan fingerprint density at radius 3 is 2.70 bits per heavy atom. The van der Waals surface area contributed by atoms with E-state index in [-0.39, 0.29) is 11.6 Å². The third-order valence-corrected chi connectivity index (χ3v) is 1.09. The van der Waals surface area contributed by atoms with E-state index < -0.39 is 18.0 Å². The summed E-state index contributed by atoms with van der Waals surface area (Å²) in [5, 5.41) is 19.4. The summed E-state index contributed by atoms with van der Waals surface area (Å²) >= 11 is 0. The van der Waals surface area contributed by atoms with Crippen molar-refractivity contribution in [3.63, 3.8) is 0 Å². The monoisotopic (exact) mass is 146 g/mol. The summed E-state index contributed by atoms with van der Waals surface area (Å²) in [5.74, 6) is -1.53. The van der Waals surface area contributed by atoms with Crippen molar-refractivity contribution in [3.8, 4) is 0 Å². The number of nitrogens with one attached hydrogen (secondary N) is 1. The maximum atomic E-state index is 10.4. The number of carbonyl (C=O) groups excluding carboxylic acids is 2. The fraction of sp³-hybridized carbons (Fsp3) is 0.500. The number of hydrogen-bond donors (Lipinski definition) is 3. The summed E-state index contributed by atoms with van der Waals surface area (Å²) < 4.78 is 0. The smallest absolute Gasteiger partial charge is 0.272 e. The standard InChI is InChI=1S/C4H6N2O4/c7-2-1-6(10)4(9)3(8)5-2/h4,9-10H,1H2,(H,5,7,8). The van der Waals surface area contributed by atoms with Crippen molar-refractivity contribution in [1.82, 2.24) is 10.4 Å². The van der Waals surface area contributed by atoms with E-state index in [0.717, 1.165) is 0 Å². The van der Waals surface area contributed by atoms with Gasteiger partial charge in [0.05, 0.1) is 0 Å². The number of nitrogens with zero attached hydrogens (tertiary/aromatic N) is 1. The van der Waals surface area contributed by atoms with Gasteiger partial charge in [-0.15, -0.1) is 5.06 Å². The average Bonchev–Trinajstić information content (AvgIpc) is 1.82. The first-order chi connectivity index (χ1) is 4.61. The Morgan fingerprint density at radius 2 is 2.20 bits per heavy atom. The Labute approximate surface area is 56.0 Å². The van der Waals surface area contributed by atoms with Crippen LogP contribution in [0.2, 0.25) is 0 Å². The third-order valence-electron chi connectivity index (χ3n) is 1.09. The zero-order chi connectivity index (χ0) is 7.72. The molecule has 1 aliphatic heterocycles. The van der Waals surface area contributed by atoms with Crippen LogP contribution in [-0.2, 0) is 9.59 Å². The third kappa shape index (κ3) is 1.13. The molecule has 56 valence electrons. The van der Waals surface area contributed by atoms with Gasteiger partial charge in [-0.05, 0) is 0 Å². The predicted octanol–water partition coefficient (Wildman–Crippen LogP) is -2.35. The van der Waals surface area contributed by atoms with Crippen LogP contribution >= 0.6 is 0 Å². The minimum atomic E-state index is -1.63. The number of imide groups is 1. The summed E-state index contributed by atoms with van der Waals surface area (Å²) in [5.41, 5.74) is 0. The molecule has 1 aliphatic rings. The highest BCUT2D eigenvalue weighted by atomic mass is 16.5. The van der Waals surface area contributed by atoms with E-state index in [1.54, 1.807) is 0 Å². The number of aliphatic hydroxyl groups is 1. The Morgan fingerprint density at radius 1 is 1.60 bits per heavy atom. The lowest BCUT2D eigenvalue weighted by Crippen LogP contribution is -2.56. The molecular weight excluding hydrogens is 140 g/mol. The van der Waals surface area contributed by atoms with Crippen LogP contribution in [0.5, 0.6) is 0 Å². The van der Waals surface area contributed by atoms with E-state index in [0.29, 0.717) is 0 Å². The number of aliphatic hydroxyl groups excluding tert-OH is 1. The molecule has 6 nitrogen and oxygen atoms in total. The Bertz CT molecular complexity index is 180. The lowest BCUT2D eigenvalue weighted by Gasteiger charge is -2.23. The van der Waals surface area contributed by atoms with Crippen molar-refractivity contribution in [2.75, 3.05) is 6.54 Å². The van der Waals surface area contributed by atoms with Gasteiger partial charge < -0.3 is 10.3 Å². The van der Waals surface area contributed by atoms with Crippen LogP contribution in [0.15, 0.2) is 0 Å². The van der Waals surface area contributed by atoms with Gasteiger partial charge in [0.2, 0.25) is 12.1 Å². The quantitative estimate of drug-likeness (QED) is 0.333. The summed E-state index contributed by atoms with van der Waals surface area (Å²) in [6, 6.07) is 0. The lowest BCUT2D eigenvalue weighted by atomic mass is 10.4. The molecule has 0 aromatic heterocycles. The second kappa shape index (κ2) is 2.33. The van der Waals surface area contributed by atoms with Crippen LogP contribution in [0.25, 0.3) is 0 Å². The minimum absolute atomic E-state index is 0.265. The van der Waals surface area contributed by atoms with Crippen LogP contribution in [0.3, 0.4) is 0 Å². The highest BCUT2D eigenvalue weighted by Gasteiger charge is 2.30. The van der Waals surface area contributed by atoms with Crippen molar-refractivity contribution < 1.29 is 19.9 Å². The minimum Gasteiger partial charge on any atom is -0.368 e. The first kappa shape index (κ1) is 7.13. The molecular formula is C4H6N2O4. The lowest BCUT2D eigenvalue weighted by molar-refractivity contribution is -0.209. The van der Waals surface area contributed by atoms with Crippen LogP contribution in [0, 0.1) is 0 Å². The van der Waals surface area contributed by atoms with Gasteiger partial charge in [0.1, 0.15) is 6.54 Å². The van der Waals surface area contributed by atoms with Gasteiger partial charge in [-0.1, -0.05) is 0 Å². The van der Waals surface area contributed by atoms with Crippen LogP contribution in [-0.4, -0.2) is 40.0 Å². The molecule has 1 heterocycles. The van der Waals surface area contributed by atoms with Crippen molar-refractivity contribution >= 4 is 11.8 Å². The van der Waals surface area contributed by atoms with Gasteiger partial charge in [0.25, 0.3) is 5.91 Å². The zero-order valence-electron chi connectivity index (χ0n) is 4.94. The topological polar surface area (TPSA) is 89.9 Å². The van der Waals surface area contributed by atoms with E-state index in [4.69, 9.17) is 10.3 Å². The van der Waals surface area contributed by atoms with Gasteiger partial charge in [-0.25, -0.2) is 0 Å². The fourth-order valence-corrected chi connectivity index (χ4v) is 0.610. The molecule has 3 N–H and O–H groups in total. The normalized spacial score (nSPS) is 28.4. The van der Waals surface area contributed by atoms with Gasteiger partial charge in [-0.2, -0.15) is 0 Å². The van der Waals surface area contributed by atoms with Crippen LogP contribution < -0.4 is 5.32 Å². The molecule has 0 aromatic rings. The maximum Gasteiger partial charge on any atom is 0.272 e. The van der Waals surface area contributed by atoms with Gasteiger partial charge in [0, 0.05) is 0 Å². The molecule has 1 fully saturated rings. The molecule has 2 amide bonds. The molecule has 0 aromatic carbocycles. The molecule has 0 aliphatic carbocycles. The highest BCUT2D eigenvalue weighted by Crippen LogP contribution is 1.96. The van der Waals surface area contributed by atoms with Crippen molar-refractivity contribution in [2.45, 2.75) is 6.23 Å². The number of hydroxylamine groups is 2. The van der Waals surface area contributed by atoms with E-state index in [1.807, 2.05) is 5.32 Å². The second-order valence-corrected chi connectivity index (χ2v) is 1.88. The molecule has 0 bridgehead atoms. The van der Waals surface area contributed by atoms with E-state index >= 15 is 0 Å². The van der Waals surface area contributed by atoms with E-state index in [1.165, 1.54) is 0 Å². The number of amides is 2. The number of carbonyl (C=O) groups is 2. The number of rotatable bonds is 0. The Balaban J connectivity index is 2.66. The van der Waals surface area contributed by atoms with Gasteiger partial charge >= 0.3 is 0 Å². The molecule has 0 radical (unpaired) electrons. The predicted molar refractivity (Wildman–Crippen MR) is 27.6 cm³/mol. The molecule has 1 unspecified atom stereocenters. The van der Waals surface area contributed by atoms with Gasteiger partial charge in [-0.3, -0.25) is 14.9 Å². The zero-order valence-corrected chi connectivity index (χ0v) is 4.94. The second-order valence-electron chi connectivity index (χ2n) is 1.88. The first-order valence-electron chi connectivity index (χ1n) is 2.58. The Kier molecular flexibility index (Phi) is 1.66. The summed E-state index contributed by atoms with van der Waals surface area (Å²) in [6.07, 6.45) is -1.63. The molecule has 1 rings (SSSR count). The molecule has 1 saturated heterocycles. The fourth-order valence-electron chi connectivity index (χ4n) is 0.610. The van der Waals surface area contributed by atoms with Crippen molar-refractivity contribution in [1.29, 1.82) is 0 Å². The summed E-state index contributed by atoms with van der Waals surface area (Å²) in [6.45, 7) is -0.382. The summed E-state index contributed by atoms with van der Waals surface area (Å²) in [4.78, 5) is 20.8. The highest BCUT2D eigenvalue weighted by molar-refractivity contribution is 6.00. The maximum absolute atomic E-state index is 10.4. The van der Waals surface area contributed by atoms with Crippen molar-refractivity contribution in [2.24, 2.45) is 0 Å². The molecule has 0 saturated carbocycles. The first-order valence-corrected chi connectivity index (χ1v) is 2.58. The molecule has 6 heteroatoms. The average molecular weight is 146 g/mol. The Hall–Kier alpha value is -0.980. The molecule has 1 atom stereocenters. The molecule has 10 heavy (non-hydrogen) atoms. The number of piperazine rings is 1. The largest absolute Gasteiger partial charge is 0.368 e. The summed E-state index contributed by atoms with van der Waals surface area (Å²) in [7, 11) is 0. The molecule has 0 spiro atoms. The van der Waals surface area contributed by atoms with Crippen molar-refractivity contribution in [3.05, 3.63) is 0 Å². The SMILES string of the molecule is O=C1CN(O)C(O)C(=O)N1. The van der Waals surface area contributed by atoms with Crippen LogP contribution in [0.4, 0.5) is 0 Å². The van der Waals surface area contributed by atoms with E-state index in [9.17, 15) is 9.59 Å². The van der Waals surface area contributed by atoms with Crippen LogP contribution in [0.1, 0.15) is 0 Å².